The molecule has 24 heavy (non-hydrogen) atoms. The highest BCUT2D eigenvalue weighted by molar-refractivity contribution is 5.92. The first-order valence-corrected chi connectivity index (χ1v) is 7.75. The van der Waals surface area contributed by atoms with Crippen molar-refractivity contribution in [3.05, 3.63) is 71.4 Å². The van der Waals surface area contributed by atoms with Crippen LogP contribution < -0.4 is 0 Å². The quantitative estimate of drug-likeness (QED) is 0.789. The summed E-state index contributed by atoms with van der Waals surface area (Å²) in [5.41, 5.74) is 4.05. The molecule has 1 N–H and O–H groups in total. The number of aromatic nitrogens is 3. The van der Waals surface area contributed by atoms with Gasteiger partial charge in [-0.15, -0.1) is 0 Å². The Kier molecular flexibility index (Phi) is 3.57. The zero-order valence-corrected chi connectivity index (χ0v) is 12.9. The Balaban J connectivity index is 1.64. The molecule has 0 atom stereocenters. The first-order chi connectivity index (χ1) is 11.7. The van der Waals surface area contributed by atoms with Crippen molar-refractivity contribution >= 4 is 5.91 Å². The molecule has 0 spiro atoms. The number of nitrogens with zero attached hydrogens (tertiary/aromatic N) is 3. The fourth-order valence-electron chi connectivity index (χ4n) is 2.97. The van der Waals surface area contributed by atoms with Gasteiger partial charge in [0.15, 0.2) is 0 Å². The van der Waals surface area contributed by atoms with E-state index in [-0.39, 0.29) is 11.7 Å². The van der Waals surface area contributed by atoms with E-state index in [0.717, 1.165) is 22.5 Å². The number of nitrogens with one attached hydrogen (secondary N) is 1. The van der Waals surface area contributed by atoms with Crippen LogP contribution in [0, 0.1) is 5.82 Å². The fourth-order valence-corrected chi connectivity index (χ4v) is 2.97. The van der Waals surface area contributed by atoms with E-state index in [2.05, 4.69) is 15.2 Å². The molecule has 0 bridgehead atoms. The Morgan fingerprint density at radius 3 is 2.75 bits per heavy atom. The second kappa shape index (κ2) is 5.88. The summed E-state index contributed by atoms with van der Waals surface area (Å²) >= 11 is 0. The minimum atomic E-state index is -0.282. The van der Waals surface area contributed by atoms with Crippen LogP contribution in [0.1, 0.15) is 21.7 Å². The molecule has 0 unspecified atom stereocenters. The SMILES string of the molecule is O=C(c1ccccn1)N1CCc2[nH]nc(-c3ccc(F)cc3)c2C1. The van der Waals surface area contributed by atoms with Crippen molar-refractivity contribution in [3.63, 3.8) is 0 Å². The average molecular weight is 322 g/mol. The van der Waals surface area contributed by atoms with Crippen LogP contribution in [0.2, 0.25) is 0 Å². The predicted octanol–water partition coefficient (Wildman–Crippen LogP) is 2.81. The number of amides is 1. The number of hydrogen-bond donors (Lipinski definition) is 1. The van der Waals surface area contributed by atoms with Gasteiger partial charge in [0.1, 0.15) is 11.5 Å². The molecular weight excluding hydrogens is 307 g/mol. The molecule has 3 heterocycles. The molecule has 1 aliphatic heterocycles. The van der Waals surface area contributed by atoms with Gasteiger partial charge in [0.2, 0.25) is 0 Å². The molecule has 2 aromatic heterocycles. The molecule has 120 valence electrons. The van der Waals surface area contributed by atoms with E-state index in [9.17, 15) is 9.18 Å². The van der Waals surface area contributed by atoms with Gasteiger partial charge >= 0.3 is 0 Å². The lowest BCUT2D eigenvalue weighted by Gasteiger charge is -2.27. The van der Waals surface area contributed by atoms with Crippen molar-refractivity contribution < 1.29 is 9.18 Å². The van der Waals surface area contributed by atoms with Crippen molar-refractivity contribution in [1.29, 1.82) is 0 Å². The maximum atomic E-state index is 13.1. The van der Waals surface area contributed by atoms with Gasteiger partial charge in [-0.3, -0.25) is 14.9 Å². The molecule has 0 saturated heterocycles. The standard InChI is InChI=1S/C18H15FN4O/c19-13-6-4-12(5-7-13)17-14-11-23(10-8-15(14)21-22-17)18(24)16-3-1-2-9-20-16/h1-7,9H,8,10-11H2,(H,21,22). The van der Waals surface area contributed by atoms with Crippen LogP contribution >= 0.6 is 0 Å². The van der Waals surface area contributed by atoms with Crippen LogP contribution in [-0.2, 0) is 13.0 Å². The van der Waals surface area contributed by atoms with E-state index in [4.69, 9.17) is 0 Å². The second-order valence-corrected chi connectivity index (χ2v) is 5.73. The lowest BCUT2D eigenvalue weighted by molar-refractivity contribution is 0.0728. The monoisotopic (exact) mass is 322 g/mol. The maximum Gasteiger partial charge on any atom is 0.272 e. The summed E-state index contributed by atoms with van der Waals surface area (Å²) < 4.78 is 13.1. The molecule has 0 saturated carbocycles. The summed E-state index contributed by atoms with van der Waals surface area (Å²) in [6.07, 6.45) is 2.33. The van der Waals surface area contributed by atoms with Crippen molar-refractivity contribution in [3.8, 4) is 11.3 Å². The Labute approximate surface area is 138 Å². The summed E-state index contributed by atoms with van der Waals surface area (Å²) in [6.45, 7) is 1.08. The molecule has 4 rings (SSSR count). The Hall–Kier alpha value is -3.02. The van der Waals surface area contributed by atoms with Crippen molar-refractivity contribution in [2.75, 3.05) is 6.54 Å². The van der Waals surface area contributed by atoms with Crippen molar-refractivity contribution in [2.45, 2.75) is 13.0 Å². The Morgan fingerprint density at radius 1 is 1.17 bits per heavy atom. The van der Waals surface area contributed by atoms with Gasteiger partial charge in [-0.1, -0.05) is 6.07 Å². The average Bonchev–Trinajstić information content (AvgIpc) is 3.05. The zero-order valence-electron chi connectivity index (χ0n) is 12.9. The predicted molar refractivity (Wildman–Crippen MR) is 86.7 cm³/mol. The summed E-state index contributed by atoms with van der Waals surface area (Å²) in [5.74, 6) is -0.373. The molecule has 1 aromatic carbocycles. The lowest BCUT2D eigenvalue weighted by Crippen LogP contribution is -2.36. The van der Waals surface area contributed by atoms with E-state index in [1.165, 1.54) is 12.1 Å². The first kappa shape index (κ1) is 14.6. The number of carbonyl (C=O) groups excluding carboxylic acids is 1. The third kappa shape index (κ3) is 2.56. The number of fused-ring (bicyclic) bond motifs is 1. The highest BCUT2D eigenvalue weighted by atomic mass is 19.1. The summed E-state index contributed by atoms with van der Waals surface area (Å²) in [6, 6.07) is 11.5. The molecule has 0 radical (unpaired) electrons. The molecule has 0 aliphatic carbocycles. The summed E-state index contributed by atoms with van der Waals surface area (Å²) in [7, 11) is 0. The van der Waals surface area contributed by atoms with Crippen molar-refractivity contribution in [2.24, 2.45) is 0 Å². The van der Waals surface area contributed by atoms with E-state index in [1.54, 1.807) is 41.4 Å². The number of halogens is 1. The van der Waals surface area contributed by atoms with Gasteiger partial charge in [-0.25, -0.2) is 4.39 Å². The van der Waals surface area contributed by atoms with Gasteiger partial charge < -0.3 is 4.90 Å². The molecule has 3 aromatic rings. The van der Waals surface area contributed by atoms with E-state index in [0.29, 0.717) is 25.2 Å². The Bertz CT molecular complexity index is 874. The molecule has 1 aliphatic rings. The van der Waals surface area contributed by atoms with Gasteiger partial charge in [0.25, 0.3) is 5.91 Å². The normalized spacial score (nSPS) is 13.6. The van der Waals surface area contributed by atoms with Crippen LogP contribution in [0.4, 0.5) is 4.39 Å². The number of H-pyrrole nitrogens is 1. The van der Waals surface area contributed by atoms with Crippen LogP contribution in [-0.4, -0.2) is 32.5 Å². The highest BCUT2D eigenvalue weighted by Crippen LogP contribution is 2.28. The molecule has 1 amide bonds. The minimum absolute atomic E-state index is 0.0903. The summed E-state index contributed by atoms with van der Waals surface area (Å²) in [5, 5.41) is 7.40. The number of hydrogen-bond acceptors (Lipinski definition) is 3. The maximum absolute atomic E-state index is 13.1. The van der Waals surface area contributed by atoms with Gasteiger partial charge in [0, 0.05) is 36.0 Å². The number of pyridine rings is 1. The van der Waals surface area contributed by atoms with Crippen molar-refractivity contribution in [1.82, 2.24) is 20.1 Å². The third-order valence-corrected chi connectivity index (χ3v) is 4.22. The first-order valence-electron chi connectivity index (χ1n) is 7.75. The lowest BCUT2D eigenvalue weighted by atomic mass is 10.0. The van der Waals surface area contributed by atoms with Gasteiger partial charge in [-0.05, 0) is 36.4 Å². The zero-order chi connectivity index (χ0) is 16.5. The largest absolute Gasteiger partial charge is 0.332 e. The number of aromatic amines is 1. The van der Waals surface area contributed by atoms with E-state index >= 15 is 0 Å². The molecule has 0 fully saturated rings. The fraction of sp³-hybridized carbons (Fsp3) is 0.167. The van der Waals surface area contributed by atoms with Crippen LogP contribution in [0.25, 0.3) is 11.3 Å². The van der Waals surface area contributed by atoms with E-state index in [1.807, 2.05) is 0 Å². The third-order valence-electron chi connectivity index (χ3n) is 4.22. The number of rotatable bonds is 2. The highest BCUT2D eigenvalue weighted by Gasteiger charge is 2.26. The van der Waals surface area contributed by atoms with Crippen LogP contribution in [0.15, 0.2) is 48.7 Å². The molecular formula is C18H15FN4O. The minimum Gasteiger partial charge on any atom is -0.332 e. The van der Waals surface area contributed by atoms with Gasteiger partial charge in [0.05, 0.1) is 12.2 Å². The van der Waals surface area contributed by atoms with E-state index < -0.39 is 0 Å². The van der Waals surface area contributed by atoms with Crippen LogP contribution in [0.5, 0.6) is 0 Å². The van der Waals surface area contributed by atoms with Gasteiger partial charge in [-0.2, -0.15) is 5.10 Å². The van der Waals surface area contributed by atoms with Crippen LogP contribution in [0.3, 0.4) is 0 Å². The topological polar surface area (TPSA) is 61.9 Å². The second-order valence-electron chi connectivity index (χ2n) is 5.73. The summed E-state index contributed by atoms with van der Waals surface area (Å²) in [4.78, 5) is 18.5. The Morgan fingerprint density at radius 2 is 2.00 bits per heavy atom. The molecule has 6 heteroatoms. The molecule has 5 nitrogen and oxygen atoms in total. The number of benzene rings is 1. The smallest absolute Gasteiger partial charge is 0.272 e. The number of carbonyl (C=O) groups is 1.